The molecule has 6 heteroatoms. The number of amides is 1. The number of aliphatic hydroxyl groups excluding tert-OH is 1. The summed E-state index contributed by atoms with van der Waals surface area (Å²) in [4.78, 5) is 17.2. The van der Waals surface area contributed by atoms with Crippen LogP contribution in [0.2, 0.25) is 0 Å². The normalized spacial score (nSPS) is 29.6. The Hall–Kier alpha value is -2.73. The number of rotatable bonds is 2. The van der Waals surface area contributed by atoms with Gasteiger partial charge in [-0.05, 0) is 30.7 Å². The Kier molecular flexibility index (Phi) is 4.21. The van der Waals surface area contributed by atoms with Crippen molar-refractivity contribution in [3.63, 3.8) is 0 Å². The minimum absolute atomic E-state index is 0.0828. The fourth-order valence-corrected chi connectivity index (χ4v) is 5.14. The molecule has 29 heavy (non-hydrogen) atoms. The molecule has 1 N–H and O–H groups in total. The van der Waals surface area contributed by atoms with Crippen LogP contribution in [0.15, 0.2) is 48.3 Å². The van der Waals surface area contributed by atoms with E-state index < -0.39 is 6.10 Å². The second kappa shape index (κ2) is 6.66. The Labute approximate surface area is 170 Å². The average molecular weight is 394 g/mol. The van der Waals surface area contributed by atoms with Crippen LogP contribution in [0.25, 0.3) is 0 Å². The molecule has 1 aromatic carbocycles. The molecule has 0 saturated heterocycles. The maximum atomic E-state index is 13.3. The Balaban J connectivity index is 1.56. The maximum Gasteiger partial charge on any atom is 0.251 e. The highest BCUT2D eigenvalue weighted by atomic mass is 16.5. The number of carbonyl (C=O) groups is 1. The zero-order valence-corrected chi connectivity index (χ0v) is 16.8. The lowest BCUT2D eigenvalue weighted by molar-refractivity contribution is -0.128. The van der Waals surface area contributed by atoms with Crippen molar-refractivity contribution in [2.75, 3.05) is 20.7 Å². The molecule has 4 aliphatic rings. The summed E-state index contributed by atoms with van der Waals surface area (Å²) in [6, 6.07) is 3.97. The first-order valence-electron chi connectivity index (χ1n) is 10.1. The van der Waals surface area contributed by atoms with Crippen LogP contribution < -0.4 is 9.47 Å². The Morgan fingerprint density at radius 1 is 1.38 bits per heavy atom. The van der Waals surface area contributed by atoms with E-state index in [1.165, 1.54) is 0 Å². The van der Waals surface area contributed by atoms with Crippen LogP contribution in [0.1, 0.15) is 30.4 Å². The molecule has 6 nitrogen and oxygen atoms in total. The molecule has 0 saturated carbocycles. The van der Waals surface area contributed by atoms with E-state index in [-0.39, 0.29) is 17.4 Å². The lowest BCUT2D eigenvalue weighted by Gasteiger charge is -2.36. The number of aliphatic hydroxyl groups is 1. The SMILES string of the molecule is COc1ccc2c3c1OC1C[C@@H](O)C=CC31CCN(C(=O)C1=CN(C)C=CC1)C2. The number of carbonyl (C=O) groups excluding carboxylic acids is 1. The Bertz CT molecular complexity index is 950. The first-order chi connectivity index (χ1) is 14.0. The molecule has 152 valence electrons. The van der Waals surface area contributed by atoms with E-state index in [1.54, 1.807) is 7.11 Å². The molecule has 5 rings (SSSR count). The molecular formula is C23H26N2O4. The van der Waals surface area contributed by atoms with Crippen molar-refractivity contribution >= 4 is 5.91 Å². The van der Waals surface area contributed by atoms with Crippen molar-refractivity contribution in [1.82, 2.24) is 9.80 Å². The maximum absolute atomic E-state index is 13.3. The Morgan fingerprint density at radius 2 is 2.24 bits per heavy atom. The van der Waals surface area contributed by atoms with Crippen molar-refractivity contribution < 1.29 is 19.4 Å². The number of allylic oxidation sites excluding steroid dienone is 1. The molecule has 1 aromatic rings. The zero-order chi connectivity index (χ0) is 20.2. The zero-order valence-electron chi connectivity index (χ0n) is 16.8. The van der Waals surface area contributed by atoms with Gasteiger partial charge in [-0.3, -0.25) is 4.79 Å². The van der Waals surface area contributed by atoms with Crippen molar-refractivity contribution in [2.24, 2.45) is 0 Å². The molecule has 0 fully saturated rings. The van der Waals surface area contributed by atoms with Crippen molar-refractivity contribution in [3.8, 4) is 11.5 Å². The second-order valence-electron chi connectivity index (χ2n) is 8.33. The van der Waals surface area contributed by atoms with Gasteiger partial charge in [0.1, 0.15) is 6.10 Å². The van der Waals surface area contributed by atoms with E-state index >= 15 is 0 Å². The highest BCUT2D eigenvalue weighted by molar-refractivity contribution is 5.94. The van der Waals surface area contributed by atoms with Gasteiger partial charge in [0.15, 0.2) is 11.5 Å². The van der Waals surface area contributed by atoms with Gasteiger partial charge in [0.25, 0.3) is 5.91 Å². The monoisotopic (exact) mass is 394 g/mol. The summed E-state index contributed by atoms with van der Waals surface area (Å²) in [7, 11) is 3.58. The predicted molar refractivity (Wildman–Crippen MR) is 108 cm³/mol. The molecular weight excluding hydrogens is 368 g/mol. The van der Waals surface area contributed by atoms with Crippen molar-refractivity contribution in [1.29, 1.82) is 0 Å². The van der Waals surface area contributed by atoms with E-state index in [0.717, 1.165) is 28.9 Å². The number of methoxy groups -OCH3 is 1. The summed E-state index contributed by atoms with van der Waals surface area (Å²) in [5, 5.41) is 10.2. The van der Waals surface area contributed by atoms with E-state index in [1.807, 2.05) is 47.5 Å². The predicted octanol–water partition coefficient (Wildman–Crippen LogP) is 2.48. The fourth-order valence-electron chi connectivity index (χ4n) is 5.14. The lowest BCUT2D eigenvalue weighted by atomic mass is 9.69. The number of hydrogen-bond acceptors (Lipinski definition) is 5. The summed E-state index contributed by atoms with van der Waals surface area (Å²) in [5.74, 6) is 1.56. The molecule has 1 aliphatic carbocycles. The molecule has 1 spiro atoms. The fraction of sp³-hybridized carbons (Fsp3) is 0.435. The highest BCUT2D eigenvalue weighted by Crippen LogP contribution is 2.55. The average Bonchev–Trinajstić information content (AvgIpc) is 2.95. The second-order valence-corrected chi connectivity index (χ2v) is 8.33. The molecule has 0 aromatic heterocycles. The molecule has 0 radical (unpaired) electrons. The number of benzene rings is 1. The summed E-state index contributed by atoms with van der Waals surface area (Å²) < 4.78 is 11.9. The molecule has 2 unspecified atom stereocenters. The number of nitrogens with zero attached hydrogens (tertiary/aromatic N) is 2. The Morgan fingerprint density at radius 3 is 3.03 bits per heavy atom. The third-order valence-corrected chi connectivity index (χ3v) is 6.56. The van der Waals surface area contributed by atoms with Gasteiger partial charge in [0.05, 0.1) is 18.6 Å². The molecule has 3 heterocycles. The van der Waals surface area contributed by atoms with E-state index in [0.29, 0.717) is 31.7 Å². The topological polar surface area (TPSA) is 62.2 Å². The summed E-state index contributed by atoms with van der Waals surface area (Å²) >= 11 is 0. The highest BCUT2D eigenvalue weighted by Gasteiger charge is 2.53. The smallest absolute Gasteiger partial charge is 0.251 e. The van der Waals surface area contributed by atoms with E-state index in [9.17, 15) is 9.90 Å². The standard InChI is InChI=1S/C23H26N2O4/c1-24-10-3-4-16(13-24)22(27)25-11-9-23-8-7-17(26)12-19(23)29-21-18(28-2)6-5-15(14-25)20(21)23/h3,5-8,10,13,17,19,26H,4,9,11-12,14H2,1-2H3/t17-,19?,23?/m0/s1. The first kappa shape index (κ1) is 18.3. The van der Waals surface area contributed by atoms with Crippen LogP contribution >= 0.6 is 0 Å². The third-order valence-electron chi connectivity index (χ3n) is 6.56. The van der Waals surface area contributed by atoms with Gasteiger partial charge >= 0.3 is 0 Å². The van der Waals surface area contributed by atoms with Gasteiger partial charge in [0, 0.05) is 43.9 Å². The van der Waals surface area contributed by atoms with Gasteiger partial charge in [0.2, 0.25) is 0 Å². The van der Waals surface area contributed by atoms with Crippen molar-refractivity contribution in [2.45, 2.75) is 43.4 Å². The van der Waals surface area contributed by atoms with Gasteiger partial charge in [-0.25, -0.2) is 0 Å². The van der Waals surface area contributed by atoms with Gasteiger partial charge in [-0.2, -0.15) is 0 Å². The summed E-state index contributed by atoms with van der Waals surface area (Å²) in [6.07, 6.45) is 11.2. The van der Waals surface area contributed by atoms with Crippen LogP contribution in [0.3, 0.4) is 0 Å². The number of ether oxygens (including phenoxy) is 2. The van der Waals surface area contributed by atoms with Crippen LogP contribution in [-0.4, -0.2) is 53.7 Å². The lowest BCUT2D eigenvalue weighted by Crippen LogP contribution is -2.43. The summed E-state index contributed by atoms with van der Waals surface area (Å²) in [6.45, 7) is 1.19. The van der Waals surface area contributed by atoms with Gasteiger partial charge in [-0.15, -0.1) is 0 Å². The van der Waals surface area contributed by atoms with E-state index in [4.69, 9.17) is 9.47 Å². The molecule has 1 amide bonds. The largest absolute Gasteiger partial charge is 0.493 e. The molecule has 3 aliphatic heterocycles. The quantitative estimate of drug-likeness (QED) is 0.781. The van der Waals surface area contributed by atoms with Gasteiger partial charge < -0.3 is 24.4 Å². The van der Waals surface area contributed by atoms with Crippen LogP contribution in [0.5, 0.6) is 11.5 Å². The first-order valence-corrected chi connectivity index (χ1v) is 10.1. The minimum Gasteiger partial charge on any atom is -0.493 e. The summed E-state index contributed by atoms with van der Waals surface area (Å²) in [5.41, 5.74) is 2.69. The van der Waals surface area contributed by atoms with Crippen LogP contribution in [-0.2, 0) is 16.8 Å². The van der Waals surface area contributed by atoms with Crippen LogP contribution in [0, 0.1) is 0 Å². The number of hydrogen-bond donors (Lipinski definition) is 1. The molecule has 0 bridgehead atoms. The third kappa shape index (κ3) is 2.77. The minimum atomic E-state index is -0.509. The molecule has 3 atom stereocenters. The van der Waals surface area contributed by atoms with Gasteiger partial charge in [-0.1, -0.05) is 24.3 Å². The van der Waals surface area contributed by atoms with Crippen molar-refractivity contribution in [3.05, 3.63) is 59.5 Å². The van der Waals surface area contributed by atoms with E-state index in [2.05, 4.69) is 12.1 Å². The van der Waals surface area contributed by atoms with Crippen LogP contribution in [0.4, 0.5) is 0 Å².